The Balaban J connectivity index is 1.95. The van der Waals surface area contributed by atoms with E-state index in [0.717, 1.165) is 20.4 Å². The van der Waals surface area contributed by atoms with Gasteiger partial charge in [0.05, 0.1) is 9.44 Å². The van der Waals surface area contributed by atoms with Crippen LogP contribution in [0.5, 0.6) is 0 Å². The topological polar surface area (TPSA) is 34.1 Å². The minimum Gasteiger partial charge on any atom is -0.288 e. The smallest absolute Gasteiger partial charge is 0.204 e. The van der Waals surface area contributed by atoms with E-state index in [1.54, 1.807) is 0 Å². The van der Waals surface area contributed by atoms with Gasteiger partial charge in [0.25, 0.3) is 0 Å². The number of carbonyl (C=O) groups is 1. The van der Waals surface area contributed by atoms with E-state index in [9.17, 15) is 9.59 Å². The van der Waals surface area contributed by atoms with Crippen molar-refractivity contribution >= 4 is 54.6 Å². The molecule has 0 aliphatic carbocycles. The second-order valence-corrected chi connectivity index (χ2v) is 7.78. The largest absolute Gasteiger partial charge is 0.288 e. The van der Waals surface area contributed by atoms with Crippen LogP contribution in [0.4, 0.5) is 0 Å². The molecule has 2 heterocycles. The average Bonchev–Trinajstić information content (AvgIpc) is 2.95. The normalized spacial score (nSPS) is 16.1. The van der Waals surface area contributed by atoms with Gasteiger partial charge >= 0.3 is 0 Å². The van der Waals surface area contributed by atoms with E-state index in [1.807, 2.05) is 60.7 Å². The third kappa shape index (κ3) is 1.84. The molecule has 4 aromatic rings. The van der Waals surface area contributed by atoms with Gasteiger partial charge in [-0.2, -0.15) is 0 Å². The van der Waals surface area contributed by atoms with Crippen molar-refractivity contribution < 1.29 is 4.79 Å². The molecule has 2 nitrogen and oxygen atoms in total. The standard InChI is InChI=1S/C20H10O2S2/c21-17-12-7-1-2-9-14(12)23-19(17)20-18(22)13-8-3-5-11-6-4-10-15(24-20)16(11)13/h1-10H/b20-19+. The fourth-order valence-corrected chi connectivity index (χ4v) is 5.54. The highest BCUT2D eigenvalue weighted by molar-refractivity contribution is 8.10. The molecule has 0 saturated heterocycles. The van der Waals surface area contributed by atoms with E-state index < -0.39 is 0 Å². The number of hydrogen-bond acceptors (Lipinski definition) is 4. The van der Waals surface area contributed by atoms with Gasteiger partial charge in [0.15, 0.2) is 0 Å². The summed E-state index contributed by atoms with van der Waals surface area (Å²) in [6.07, 6.45) is 0. The summed E-state index contributed by atoms with van der Waals surface area (Å²) < 4.78 is 1.59. The predicted molar refractivity (Wildman–Crippen MR) is 101 cm³/mol. The first-order valence-corrected chi connectivity index (χ1v) is 9.17. The third-order valence-electron chi connectivity index (χ3n) is 4.29. The summed E-state index contributed by atoms with van der Waals surface area (Å²) in [5.74, 6) is -0.0435. The summed E-state index contributed by atoms with van der Waals surface area (Å²) in [7, 11) is 0. The maximum atomic E-state index is 13.0. The number of fused-ring (bicyclic) bond motifs is 1. The zero-order valence-electron chi connectivity index (χ0n) is 12.4. The van der Waals surface area contributed by atoms with Gasteiger partial charge < -0.3 is 0 Å². The summed E-state index contributed by atoms with van der Waals surface area (Å²) in [5, 5.41) is 2.74. The van der Waals surface area contributed by atoms with E-state index in [-0.39, 0.29) is 11.2 Å². The molecule has 0 atom stereocenters. The number of hydrogen-bond donors (Lipinski definition) is 0. The highest BCUT2D eigenvalue weighted by atomic mass is 32.2. The molecule has 0 radical (unpaired) electrons. The molecular formula is C20H10O2S2. The van der Waals surface area contributed by atoms with Crippen molar-refractivity contribution in [2.75, 3.05) is 0 Å². The van der Waals surface area contributed by atoms with Gasteiger partial charge in [-0.3, -0.25) is 9.59 Å². The fraction of sp³-hybridized carbons (Fsp3) is 0. The molecule has 114 valence electrons. The Kier molecular flexibility index (Phi) is 2.93. The molecular weight excluding hydrogens is 336 g/mol. The maximum absolute atomic E-state index is 13.0. The molecule has 0 saturated carbocycles. The van der Waals surface area contributed by atoms with Crippen molar-refractivity contribution in [2.24, 2.45) is 0 Å². The third-order valence-corrected chi connectivity index (χ3v) is 6.74. The summed E-state index contributed by atoms with van der Waals surface area (Å²) in [5.41, 5.74) is 0.642. The van der Waals surface area contributed by atoms with E-state index in [0.29, 0.717) is 20.4 Å². The molecule has 3 aromatic carbocycles. The van der Waals surface area contributed by atoms with Gasteiger partial charge in [-0.15, -0.1) is 11.3 Å². The Labute approximate surface area is 145 Å². The van der Waals surface area contributed by atoms with Gasteiger partial charge in [0, 0.05) is 25.9 Å². The monoisotopic (exact) mass is 346 g/mol. The molecule has 0 fully saturated rings. The maximum Gasteiger partial charge on any atom is 0.204 e. The molecule has 24 heavy (non-hydrogen) atoms. The van der Waals surface area contributed by atoms with Gasteiger partial charge in [-0.1, -0.05) is 54.2 Å². The quantitative estimate of drug-likeness (QED) is 0.478. The van der Waals surface area contributed by atoms with Crippen LogP contribution in [0.3, 0.4) is 0 Å². The molecule has 1 aromatic heterocycles. The Hall–Kier alpha value is -2.43. The first-order valence-electron chi connectivity index (χ1n) is 7.54. The van der Waals surface area contributed by atoms with Gasteiger partial charge in [0.1, 0.15) is 0 Å². The highest BCUT2D eigenvalue weighted by Crippen LogP contribution is 2.40. The second kappa shape index (κ2) is 5.03. The molecule has 0 N–H and O–H groups in total. The van der Waals surface area contributed by atoms with Crippen LogP contribution in [0.2, 0.25) is 0 Å². The van der Waals surface area contributed by atoms with E-state index >= 15 is 0 Å². The number of ketones is 1. The number of Topliss-reactive ketones (excluding diaryl/α,β-unsaturated/α-hetero) is 1. The van der Waals surface area contributed by atoms with Crippen LogP contribution in [0, 0.1) is 0 Å². The van der Waals surface area contributed by atoms with Crippen molar-refractivity contribution in [3.05, 3.63) is 81.0 Å². The summed E-state index contributed by atoms with van der Waals surface area (Å²) >= 11 is 2.82. The SMILES string of the molecule is O=C1/C(=c2\sc3cccc4cccc(c2=O)c43)Sc2ccccc21. The van der Waals surface area contributed by atoms with Crippen molar-refractivity contribution in [1.82, 2.24) is 0 Å². The number of rotatable bonds is 0. The molecule has 0 amide bonds. The molecule has 5 rings (SSSR count). The number of thioether (sulfide) groups is 1. The number of carbonyl (C=O) groups excluding carboxylic acids is 1. The predicted octanol–water partition coefficient (Wildman–Crippen LogP) is 4.23. The van der Waals surface area contributed by atoms with Crippen LogP contribution in [-0.2, 0) is 0 Å². The first kappa shape index (κ1) is 14.0. The Morgan fingerprint density at radius 3 is 2.42 bits per heavy atom. The minimum atomic E-state index is -0.0482. The van der Waals surface area contributed by atoms with Crippen LogP contribution in [0.25, 0.3) is 25.8 Å². The van der Waals surface area contributed by atoms with E-state index in [1.165, 1.54) is 23.1 Å². The molecule has 1 aliphatic rings. The van der Waals surface area contributed by atoms with Crippen molar-refractivity contribution in [1.29, 1.82) is 0 Å². The van der Waals surface area contributed by atoms with Gasteiger partial charge in [0.2, 0.25) is 11.2 Å². The Morgan fingerprint density at radius 2 is 1.58 bits per heavy atom. The molecule has 0 spiro atoms. The van der Waals surface area contributed by atoms with E-state index in [4.69, 9.17) is 0 Å². The van der Waals surface area contributed by atoms with Crippen LogP contribution in [0.1, 0.15) is 10.4 Å². The Morgan fingerprint density at radius 1 is 0.792 bits per heavy atom. The van der Waals surface area contributed by atoms with Crippen LogP contribution in [0.15, 0.2) is 70.4 Å². The summed E-state index contributed by atoms with van der Waals surface area (Å²) in [4.78, 5) is 27.3. The summed E-state index contributed by atoms with van der Waals surface area (Å²) in [6.45, 7) is 0. The fourth-order valence-electron chi connectivity index (χ4n) is 3.18. The van der Waals surface area contributed by atoms with Crippen molar-refractivity contribution in [3.8, 4) is 0 Å². The van der Waals surface area contributed by atoms with Crippen molar-refractivity contribution in [2.45, 2.75) is 4.90 Å². The molecule has 4 heteroatoms. The minimum absolute atomic E-state index is 0.0435. The summed E-state index contributed by atoms with van der Waals surface area (Å²) in [6, 6.07) is 19.3. The second-order valence-electron chi connectivity index (χ2n) is 5.68. The van der Waals surface area contributed by atoms with Gasteiger partial charge in [-0.25, -0.2) is 0 Å². The van der Waals surface area contributed by atoms with Crippen LogP contribution < -0.4 is 9.96 Å². The zero-order chi connectivity index (χ0) is 16.3. The van der Waals surface area contributed by atoms with Crippen LogP contribution >= 0.6 is 23.1 Å². The molecule has 0 bridgehead atoms. The lowest BCUT2D eigenvalue weighted by atomic mass is 10.1. The highest BCUT2D eigenvalue weighted by Gasteiger charge is 2.27. The number of benzene rings is 3. The molecule has 1 aliphatic heterocycles. The average molecular weight is 346 g/mol. The van der Waals surface area contributed by atoms with E-state index in [2.05, 4.69) is 0 Å². The zero-order valence-corrected chi connectivity index (χ0v) is 14.0. The first-order chi connectivity index (χ1) is 11.7. The lowest BCUT2D eigenvalue weighted by Gasteiger charge is -2.04. The lowest BCUT2D eigenvalue weighted by molar-refractivity contribution is 0.105. The Bertz CT molecular complexity index is 1260. The molecule has 0 unspecified atom stereocenters. The van der Waals surface area contributed by atoms with Crippen molar-refractivity contribution in [3.63, 3.8) is 0 Å². The van der Waals surface area contributed by atoms with Gasteiger partial charge in [-0.05, 0) is 23.6 Å². The lowest BCUT2D eigenvalue weighted by Crippen LogP contribution is -2.25. The van der Waals surface area contributed by atoms with Crippen LogP contribution in [-0.4, -0.2) is 5.78 Å².